The first-order valence-electron chi connectivity index (χ1n) is 10.8. The highest BCUT2D eigenvalue weighted by atomic mass is 32.2. The van der Waals surface area contributed by atoms with Crippen LogP contribution in [-0.2, 0) is 4.79 Å². The number of anilines is 3. The molecule has 180 valence electrons. The highest BCUT2D eigenvalue weighted by Crippen LogP contribution is 2.29. The van der Waals surface area contributed by atoms with E-state index in [1.807, 2.05) is 43.5 Å². The zero-order valence-corrected chi connectivity index (χ0v) is 19.5. The van der Waals surface area contributed by atoms with Crippen LogP contribution in [-0.4, -0.2) is 77.4 Å². The number of β-amino-alcohol motifs (C(OH)–C–C–N with tert-alkyl or cyclic N) is 1. The first kappa shape index (κ1) is 22.8. The van der Waals surface area contributed by atoms with Gasteiger partial charge in [-0.15, -0.1) is 5.10 Å². The number of aryl methyl sites for hydroxylation is 1. The summed E-state index contributed by atoms with van der Waals surface area (Å²) >= 11 is 1.40. The molecule has 1 fully saturated rings. The Morgan fingerprint density at radius 2 is 2.14 bits per heavy atom. The monoisotopic (exact) mass is 493 g/mol. The number of benzene rings is 1. The fourth-order valence-corrected chi connectivity index (χ4v) is 4.48. The van der Waals surface area contributed by atoms with Crippen molar-refractivity contribution in [3.8, 4) is 0 Å². The number of rotatable bonds is 7. The number of oxime groups is 1. The van der Waals surface area contributed by atoms with Crippen molar-refractivity contribution in [3.63, 3.8) is 0 Å². The number of H-pyrrole nitrogens is 1. The van der Waals surface area contributed by atoms with E-state index in [2.05, 4.69) is 36.1 Å². The highest BCUT2D eigenvalue weighted by molar-refractivity contribution is 7.99. The summed E-state index contributed by atoms with van der Waals surface area (Å²) in [6.07, 6.45) is 1.01. The Kier molecular flexibility index (Phi) is 6.35. The number of carbonyl (C=O) groups is 1. The van der Waals surface area contributed by atoms with Crippen LogP contribution in [0.3, 0.4) is 0 Å². The number of hydrogen-bond donors (Lipinski definition) is 5. The molecule has 0 spiro atoms. The number of nitrogens with zero attached hydrogens (tertiary/aromatic N) is 6. The van der Waals surface area contributed by atoms with Crippen LogP contribution in [0, 0.1) is 6.92 Å². The molecule has 13 heteroatoms. The molecule has 1 saturated heterocycles. The topological polar surface area (TPSA) is 156 Å². The Morgan fingerprint density at radius 3 is 2.86 bits per heavy atom. The predicted molar refractivity (Wildman–Crippen MR) is 130 cm³/mol. The summed E-state index contributed by atoms with van der Waals surface area (Å²) in [6, 6.07) is 13.1. The Bertz CT molecular complexity index is 1380. The second-order valence-electron chi connectivity index (χ2n) is 8.09. The Hall–Kier alpha value is -3.94. The van der Waals surface area contributed by atoms with Gasteiger partial charge in [0.25, 0.3) is 0 Å². The number of fused-ring (bicyclic) bond motifs is 1. The number of amides is 1. The lowest BCUT2D eigenvalue weighted by molar-refractivity contribution is -0.117. The number of likely N-dealkylation sites (tertiary alicyclic amines) is 1. The number of carbonyl (C=O) groups excluding carboxylic acids is 1. The molecule has 1 aromatic carbocycles. The van der Waals surface area contributed by atoms with E-state index >= 15 is 0 Å². The van der Waals surface area contributed by atoms with Crippen molar-refractivity contribution in [3.05, 3.63) is 54.4 Å². The molecule has 0 radical (unpaired) electrons. The zero-order chi connectivity index (χ0) is 24.4. The summed E-state index contributed by atoms with van der Waals surface area (Å²) in [5.74, 6) is 1.09. The SMILES string of the molecule is Cc1cc(Nc2nc(Sc3ccc(NC(=O)CN4C/C(=N\O)[C@@H](O)C4)cc3)nn3cccc23)n[nH]1. The van der Waals surface area contributed by atoms with Gasteiger partial charge in [-0.25, -0.2) is 9.50 Å². The summed E-state index contributed by atoms with van der Waals surface area (Å²) in [7, 11) is 0. The molecule has 1 aliphatic heterocycles. The number of aliphatic hydroxyl groups is 1. The van der Waals surface area contributed by atoms with Gasteiger partial charge in [0.1, 0.15) is 17.3 Å². The van der Waals surface area contributed by atoms with Gasteiger partial charge in [-0.1, -0.05) is 5.16 Å². The second-order valence-corrected chi connectivity index (χ2v) is 9.13. The maximum absolute atomic E-state index is 12.4. The molecule has 1 amide bonds. The molecule has 0 saturated carbocycles. The van der Waals surface area contributed by atoms with Crippen molar-refractivity contribution in [2.24, 2.45) is 5.16 Å². The van der Waals surface area contributed by atoms with Crippen LogP contribution < -0.4 is 10.6 Å². The third kappa shape index (κ3) is 5.26. The molecule has 12 nitrogen and oxygen atoms in total. The lowest BCUT2D eigenvalue weighted by Crippen LogP contribution is -2.32. The van der Waals surface area contributed by atoms with Crippen LogP contribution in [0.4, 0.5) is 17.3 Å². The number of aromatic amines is 1. The van der Waals surface area contributed by atoms with Crippen molar-refractivity contribution in [1.29, 1.82) is 0 Å². The minimum absolute atomic E-state index is 0.0859. The van der Waals surface area contributed by atoms with Crippen LogP contribution in [0.25, 0.3) is 5.52 Å². The number of aliphatic hydroxyl groups excluding tert-OH is 1. The quantitative estimate of drug-likeness (QED) is 0.192. The summed E-state index contributed by atoms with van der Waals surface area (Å²) in [5, 5.41) is 40.0. The first-order chi connectivity index (χ1) is 17.0. The normalized spacial score (nSPS) is 17.3. The number of hydrogen-bond acceptors (Lipinski definition) is 10. The van der Waals surface area contributed by atoms with Crippen molar-refractivity contribution >= 4 is 46.2 Å². The van der Waals surface area contributed by atoms with Crippen LogP contribution in [0.15, 0.2) is 63.9 Å². The van der Waals surface area contributed by atoms with E-state index in [9.17, 15) is 9.90 Å². The smallest absolute Gasteiger partial charge is 0.238 e. The largest absolute Gasteiger partial charge is 0.411 e. The molecular weight excluding hydrogens is 470 g/mol. The molecule has 1 aliphatic rings. The lowest BCUT2D eigenvalue weighted by Gasteiger charge is -2.14. The van der Waals surface area contributed by atoms with Crippen LogP contribution in [0.5, 0.6) is 0 Å². The molecule has 3 aromatic heterocycles. The second kappa shape index (κ2) is 9.74. The molecule has 5 rings (SSSR count). The van der Waals surface area contributed by atoms with Gasteiger partial charge < -0.3 is 20.9 Å². The Labute approximate surface area is 204 Å². The first-order valence-corrected chi connectivity index (χ1v) is 11.6. The Balaban J connectivity index is 1.24. The molecule has 4 aromatic rings. The summed E-state index contributed by atoms with van der Waals surface area (Å²) in [4.78, 5) is 19.6. The van der Waals surface area contributed by atoms with Gasteiger partial charge in [-0.05, 0) is 55.1 Å². The zero-order valence-electron chi connectivity index (χ0n) is 18.7. The molecule has 0 unspecified atom stereocenters. The van der Waals surface area contributed by atoms with Gasteiger partial charge in [0.2, 0.25) is 11.1 Å². The average Bonchev–Trinajstić information content (AvgIpc) is 3.55. The number of nitrogens with one attached hydrogen (secondary N) is 3. The van der Waals surface area contributed by atoms with Crippen molar-refractivity contribution < 1.29 is 15.1 Å². The molecule has 0 aliphatic carbocycles. The van der Waals surface area contributed by atoms with Crippen molar-refractivity contribution in [2.45, 2.75) is 23.1 Å². The van der Waals surface area contributed by atoms with E-state index in [1.54, 1.807) is 21.5 Å². The van der Waals surface area contributed by atoms with Crippen LogP contribution in [0.1, 0.15) is 5.69 Å². The van der Waals surface area contributed by atoms with E-state index in [-0.39, 0.29) is 31.3 Å². The maximum Gasteiger partial charge on any atom is 0.238 e. The third-order valence-corrected chi connectivity index (χ3v) is 6.23. The number of aromatic nitrogens is 5. The maximum atomic E-state index is 12.4. The summed E-state index contributed by atoms with van der Waals surface area (Å²) < 4.78 is 1.76. The van der Waals surface area contributed by atoms with Gasteiger partial charge >= 0.3 is 0 Å². The van der Waals surface area contributed by atoms with Gasteiger partial charge in [0, 0.05) is 41.6 Å². The highest BCUT2D eigenvalue weighted by Gasteiger charge is 2.28. The molecular formula is C22H23N9O3S. The predicted octanol–water partition coefficient (Wildman–Crippen LogP) is 2.10. The fourth-order valence-electron chi connectivity index (χ4n) is 3.74. The molecule has 4 heterocycles. The molecule has 5 N–H and O–H groups in total. The molecule has 35 heavy (non-hydrogen) atoms. The minimum Gasteiger partial charge on any atom is -0.411 e. The van der Waals surface area contributed by atoms with Gasteiger partial charge in [0.05, 0.1) is 6.54 Å². The Morgan fingerprint density at radius 1 is 1.31 bits per heavy atom. The molecule has 0 bridgehead atoms. The van der Waals surface area contributed by atoms with Crippen molar-refractivity contribution in [1.82, 2.24) is 29.7 Å². The van der Waals surface area contributed by atoms with E-state index in [0.29, 0.717) is 22.5 Å². The average molecular weight is 494 g/mol. The summed E-state index contributed by atoms with van der Waals surface area (Å²) in [6.45, 7) is 2.52. The van der Waals surface area contributed by atoms with Crippen molar-refractivity contribution in [2.75, 3.05) is 30.3 Å². The van der Waals surface area contributed by atoms with Gasteiger partial charge in [-0.3, -0.25) is 14.8 Å². The van der Waals surface area contributed by atoms with E-state index in [0.717, 1.165) is 16.1 Å². The summed E-state index contributed by atoms with van der Waals surface area (Å²) in [5.41, 5.74) is 2.68. The standard InChI is InChI=1S/C22H23N9O3S/c1-13-9-19(27-26-13)24-21-17-3-2-8-31(17)28-22(25-21)35-15-6-4-14(5-7-15)23-20(33)12-30-10-16(29-34)18(32)11-30/h2-9,18,32,34H,10-12H2,1H3,(H,23,33)(H2,24,25,26,27,28)/b29-16+/t18-/m0/s1. The van der Waals surface area contributed by atoms with Gasteiger partial charge in [-0.2, -0.15) is 5.10 Å². The van der Waals surface area contributed by atoms with E-state index in [4.69, 9.17) is 5.21 Å². The van der Waals surface area contributed by atoms with E-state index < -0.39 is 6.10 Å². The minimum atomic E-state index is -0.851. The fraction of sp³-hybridized carbons (Fsp3) is 0.227. The lowest BCUT2D eigenvalue weighted by atomic mass is 10.3. The van der Waals surface area contributed by atoms with Crippen LogP contribution in [0.2, 0.25) is 0 Å². The van der Waals surface area contributed by atoms with Gasteiger partial charge in [0.15, 0.2) is 11.6 Å². The van der Waals surface area contributed by atoms with Crippen LogP contribution >= 0.6 is 11.8 Å². The molecule has 1 atom stereocenters. The van der Waals surface area contributed by atoms with E-state index in [1.165, 1.54) is 11.8 Å². The third-order valence-electron chi connectivity index (χ3n) is 5.37.